The molecule has 0 saturated carbocycles. The average Bonchev–Trinajstić information content (AvgIpc) is 2.95. The zero-order valence-corrected chi connectivity index (χ0v) is 14.3. The molecule has 0 atom stereocenters. The first-order valence-corrected chi connectivity index (χ1v) is 8.05. The molecule has 0 radical (unpaired) electrons. The minimum Gasteiger partial charge on any atom is -0.465 e. The molecular formula is C17H21N5O3. The summed E-state index contributed by atoms with van der Waals surface area (Å²) >= 11 is 0. The Kier molecular flexibility index (Phi) is 5.30. The van der Waals surface area contributed by atoms with Crippen molar-refractivity contribution >= 4 is 17.0 Å². The molecule has 2 aromatic heterocycles. The fourth-order valence-corrected chi connectivity index (χ4v) is 2.41. The summed E-state index contributed by atoms with van der Waals surface area (Å²) in [6, 6.07) is 10.6. The molecule has 132 valence electrons. The summed E-state index contributed by atoms with van der Waals surface area (Å²) in [4.78, 5) is 13.1. The molecule has 0 aliphatic heterocycles. The number of hydrogen-bond donors (Lipinski definition) is 1. The van der Waals surface area contributed by atoms with Crippen LogP contribution < -0.4 is 15.2 Å². The van der Waals surface area contributed by atoms with Crippen LogP contribution in [-0.4, -0.2) is 46.4 Å². The molecule has 0 saturated heterocycles. The Balaban J connectivity index is 2.02. The molecule has 1 aromatic carbocycles. The van der Waals surface area contributed by atoms with Crippen molar-refractivity contribution in [2.75, 3.05) is 32.7 Å². The van der Waals surface area contributed by atoms with E-state index in [1.807, 2.05) is 41.8 Å². The fraction of sp³-hybridized carbons (Fsp3) is 0.353. The van der Waals surface area contributed by atoms with Gasteiger partial charge in [-0.05, 0) is 12.5 Å². The minimum absolute atomic E-state index is 0.194. The minimum atomic E-state index is 0.194. The number of imidazole rings is 1. The number of nitrogens with two attached hydrogens (primary N) is 1. The molecule has 0 fully saturated rings. The first kappa shape index (κ1) is 17.0. The van der Waals surface area contributed by atoms with Gasteiger partial charge in [-0.1, -0.05) is 30.3 Å². The van der Waals surface area contributed by atoms with Crippen LogP contribution in [0.5, 0.6) is 12.0 Å². The largest absolute Gasteiger partial charge is 0.465 e. The third-order valence-corrected chi connectivity index (χ3v) is 3.54. The second-order valence-corrected chi connectivity index (χ2v) is 5.30. The molecule has 2 N–H and O–H groups in total. The van der Waals surface area contributed by atoms with Crippen LogP contribution in [0, 0.1) is 0 Å². The summed E-state index contributed by atoms with van der Waals surface area (Å²) < 4.78 is 18.0. The smallest absolute Gasteiger partial charge is 0.320 e. The number of anilines is 1. The predicted octanol–water partition coefficient (Wildman–Crippen LogP) is 1.88. The predicted molar refractivity (Wildman–Crippen MR) is 93.8 cm³/mol. The number of nitrogens with zero attached hydrogens (tertiary/aromatic N) is 4. The van der Waals surface area contributed by atoms with Gasteiger partial charge in [0, 0.05) is 7.11 Å². The monoisotopic (exact) mass is 343 g/mol. The number of ether oxygens (including phenoxy) is 3. The van der Waals surface area contributed by atoms with E-state index in [0.29, 0.717) is 43.5 Å². The van der Waals surface area contributed by atoms with Crippen LogP contribution in [-0.2, 0) is 11.3 Å². The lowest BCUT2D eigenvalue weighted by Gasteiger charge is -2.09. The number of benzene rings is 1. The quantitative estimate of drug-likeness (QED) is 0.624. The highest BCUT2D eigenvalue weighted by molar-refractivity contribution is 5.83. The highest BCUT2D eigenvalue weighted by Crippen LogP contribution is 2.26. The molecule has 8 heteroatoms. The van der Waals surface area contributed by atoms with E-state index < -0.39 is 0 Å². The van der Waals surface area contributed by atoms with Crippen LogP contribution in [0.4, 0.5) is 5.82 Å². The lowest BCUT2D eigenvalue weighted by Crippen LogP contribution is -2.09. The first-order valence-electron chi connectivity index (χ1n) is 8.05. The normalized spacial score (nSPS) is 11.0. The van der Waals surface area contributed by atoms with Gasteiger partial charge in [0.15, 0.2) is 17.0 Å². The maximum Gasteiger partial charge on any atom is 0.320 e. The van der Waals surface area contributed by atoms with Crippen LogP contribution in [0.1, 0.15) is 12.5 Å². The van der Waals surface area contributed by atoms with E-state index in [-0.39, 0.29) is 11.8 Å². The number of methoxy groups -OCH3 is 1. The first-order chi connectivity index (χ1) is 12.2. The van der Waals surface area contributed by atoms with Gasteiger partial charge in [0.05, 0.1) is 19.8 Å². The van der Waals surface area contributed by atoms with Crippen LogP contribution in [0.2, 0.25) is 0 Å². The molecule has 3 rings (SSSR count). The summed E-state index contributed by atoms with van der Waals surface area (Å²) in [7, 11) is 1.60. The molecule has 0 amide bonds. The van der Waals surface area contributed by atoms with Crippen LogP contribution in [0.25, 0.3) is 11.2 Å². The van der Waals surface area contributed by atoms with Crippen molar-refractivity contribution in [3.05, 3.63) is 35.9 Å². The molecular weight excluding hydrogens is 322 g/mol. The van der Waals surface area contributed by atoms with E-state index >= 15 is 0 Å². The van der Waals surface area contributed by atoms with Gasteiger partial charge in [-0.3, -0.25) is 4.57 Å². The second kappa shape index (κ2) is 7.80. The highest BCUT2D eigenvalue weighted by atomic mass is 16.5. The van der Waals surface area contributed by atoms with Gasteiger partial charge in [-0.2, -0.15) is 15.0 Å². The Bertz CT molecular complexity index is 835. The van der Waals surface area contributed by atoms with E-state index in [2.05, 4.69) is 15.0 Å². The summed E-state index contributed by atoms with van der Waals surface area (Å²) in [6.45, 7) is 3.73. The summed E-state index contributed by atoms with van der Waals surface area (Å²) in [5.74, 6) is 0.255. The van der Waals surface area contributed by atoms with Gasteiger partial charge in [-0.15, -0.1) is 0 Å². The van der Waals surface area contributed by atoms with E-state index in [9.17, 15) is 0 Å². The van der Waals surface area contributed by atoms with E-state index in [1.54, 1.807) is 7.11 Å². The molecule has 8 nitrogen and oxygen atoms in total. The van der Waals surface area contributed by atoms with Crippen molar-refractivity contribution < 1.29 is 14.2 Å². The number of aromatic nitrogens is 4. The molecule has 0 aliphatic carbocycles. The standard InChI is InChI=1S/C17H21N5O3/c1-3-24-17-19-13-14(18)20-16(25-10-9-23-2)21-15(13)22(17)11-12-7-5-4-6-8-12/h4-8H,3,9-11H2,1-2H3,(H2,18,20,21). The highest BCUT2D eigenvalue weighted by Gasteiger charge is 2.18. The van der Waals surface area contributed by atoms with Crippen molar-refractivity contribution in [3.8, 4) is 12.0 Å². The molecule has 0 spiro atoms. The number of fused-ring (bicyclic) bond motifs is 1. The van der Waals surface area contributed by atoms with Crippen molar-refractivity contribution in [1.82, 2.24) is 19.5 Å². The Morgan fingerprint density at radius 2 is 1.84 bits per heavy atom. The maximum absolute atomic E-state index is 6.04. The van der Waals surface area contributed by atoms with Crippen LogP contribution >= 0.6 is 0 Å². The van der Waals surface area contributed by atoms with Gasteiger partial charge >= 0.3 is 6.01 Å². The lowest BCUT2D eigenvalue weighted by atomic mass is 10.2. The molecule has 3 aromatic rings. The number of nitrogen functional groups attached to an aromatic ring is 1. The van der Waals surface area contributed by atoms with Gasteiger partial charge < -0.3 is 19.9 Å². The maximum atomic E-state index is 6.04. The van der Waals surface area contributed by atoms with E-state index in [4.69, 9.17) is 19.9 Å². The van der Waals surface area contributed by atoms with Gasteiger partial charge in [0.2, 0.25) is 0 Å². The Morgan fingerprint density at radius 1 is 1.04 bits per heavy atom. The second-order valence-electron chi connectivity index (χ2n) is 5.30. The Labute approximate surface area is 145 Å². The zero-order valence-electron chi connectivity index (χ0n) is 14.3. The summed E-state index contributed by atoms with van der Waals surface area (Å²) in [5.41, 5.74) is 8.21. The molecule has 0 aliphatic rings. The fourth-order valence-electron chi connectivity index (χ4n) is 2.41. The Morgan fingerprint density at radius 3 is 2.56 bits per heavy atom. The van der Waals surface area contributed by atoms with Crippen LogP contribution in [0.15, 0.2) is 30.3 Å². The third kappa shape index (κ3) is 3.80. The topological polar surface area (TPSA) is 97.3 Å². The lowest BCUT2D eigenvalue weighted by molar-refractivity contribution is 0.141. The van der Waals surface area contributed by atoms with Gasteiger partial charge in [0.1, 0.15) is 6.61 Å². The number of hydrogen-bond acceptors (Lipinski definition) is 7. The van der Waals surface area contributed by atoms with Gasteiger partial charge in [0.25, 0.3) is 6.01 Å². The Hall–Kier alpha value is -2.87. The summed E-state index contributed by atoms with van der Waals surface area (Å²) in [6.07, 6.45) is 0. The molecule has 0 unspecified atom stereocenters. The van der Waals surface area contributed by atoms with Crippen molar-refractivity contribution in [3.63, 3.8) is 0 Å². The number of rotatable bonds is 8. The van der Waals surface area contributed by atoms with E-state index in [1.165, 1.54) is 0 Å². The van der Waals surface area contributed by atoms with Crippen LogP contribution in [0.3, 0.4) is 0 Å². The SMILES string of the molecule is CCOc1nc2c(N)nc(OCCOC)nc2n1Cc1ccccc1. The molecule has 0 bridgehead atoms. The average molecular weight is 343 g/mol. The molecule has 2 heterocycles. The zero-order chi connectivity index (χ0) is 17.6. The summed E-state index contributed by atoms with van der Waals surface area (Å²) in [5, 5.41) is 0. The molecule has 25 heavy (non-hydrogen) atoms. The van der Waals surface area contributed by atoms with Crippen molar-refractivity contribution in [2.24, 2.45) is 0 Å². The van der Waals surface area contributed by atoms with Crippen molar-refractivity contribution in [2.45, 2.75) is 13.5 Å². The third-order valence-electron chi connectivity index (χ3n) is 3.54. The van der Waals surface area contributed by atoms with E-state index in [0.717, 1.165) is 5.56 Å². The van der Waals surface area contributed by atoms with Gasteiger partial charge in [-0.25, -0.2) is 0 Å². The van der Waals surface area contributed by atoms with Crippen molar-refractivity contribution in [1.29, 1.82) is 0 Å².